The van der Waals surface area contributed by atoms with E-state index in [1.165, 1.54) is 6.07 Å². The van der Waals surface area contributed by atoms with Crippen molar-refractivity contribution in [3.05, 3.63) is 53.1 Å². The van der Waals surface area contributed by atoms with E-state index in [2.05, 4.69) is 10.3 Å². The van der Waals surface area contributed by atoms with Crippen molar-refractivity contribution in [2.75, 3.05) is 26.0 Å². The van der Waals surface area contributed by atoms with Crippen LogP contribution >= 0.6 is 0 Å². The van der Waals surface area contributed by atoms with E-state index in [0.717, 1.165) is 24.8 Å². The summed E-state index contributed by atoms with van der Waals surface area (Å²) < 4.78 is 96.0. The Balaban J connectivity index is 1.80. The molecule has 8 nitrogen and oxygen atoms in total. The molecule has 14 heteroatoms. The number of alkyl halides is 4. The molecular formula is C27H32F5N5O3S. The zero-order valence-electron chi connectivity index (χ0n) is 22.7. The number of pyridine rings is 1. The highest BCUT2D eigenvalue weighted by atomic mass is 32.2. The highest BCUT2D eigenvalue weighted by molar-refractivity contribution is 7.90. The third-order valence-electron chi connectivity index (χ3n) is 6.94. The Kier molecular flexibility index (Phi) is 10.3. The second-order valence-corrected chi connectivity index (χ2v) is 12.1. The molecule has 41 heavy (non-hydrogen) atoms. The number of carbonyl (C=O) groups excluding carboxylic acids is 1. The molecule has 2 N–H and O–H groups in total. The summed E-state index contributed by atoms with van der Waals surface area (Å²) in [6.45, 7) is 0.551. The SMILES string of the molecule is CN(C)CC[C@H](CCc1ccc(C(F)(F)F)nc1)Nc1c(F)cc(S(=O)(=O)NC(=O)C2(F)CCCCC2)cc1C#N. The number of sulfonamides is 1. The Morgan fingerprint density at radius 3 is 2.41 bits per heavy atom. The summed E-state index contributed by atoms with van der Waals surface area (Å²) in [6.07, 6.45) is -1.00. The first kappa shape index (κ1) is 32.2. The van der Waals surface area contributed by atoms with E-state index in [-0.39, 0.29) is 24.1 Å². The maximum atomic E-state index is 15.3. The molecule has 1 fully saturated rings. The first-order chi connectivity index (χ1) is 19.1. The molecule has 1 aliphatic rings. The monoisotopic (exact) mass is 601 g/mol. The molecular weight excluding hydrogens is 569 g/mol. The molecule has 1 saturated carbocycles. The number of aromatic nitrogens is 1. The van der Waals surface area contributed by atoms with Crippen LogP contribution in [0.25, 0.3) is 0 Å². The Hall–Kier alpha value is -3.31. The van der Waals surface area contributed by atoms with Crippen molar-refractivity contribution in [2.24, 2.45) is 0 Å². The highest BCUT2D eigenvalue weighted by Gasteiger charge is 2.41. The lowest BCUT2D eigenvalue weighted by atomic mass is 9.86. The van der Waals surface area contributed by atoms with Crippen LogP contribution in [0.1, 0.15) is 61.8 Å². The fourth-order valence-electron chi connectivity index (χ4n) is 4.57. The van der Waals surface area contributed by atoms with Gasteiger partial charge in [0.15, 0.2) is 5.67 Å². The number of hydrogen-bond donors (Lipinski definition) is 2. The molecule has 3 rings (SSSR count). The number of amides is 1. The zero-order valence-corrected chi connectivity index (χ0v) is 23.5. The average molecular weight is 602 g/mol. The molecule has 0 aliphatic heterocycles. The molecule has 1 aromatic heterocycles. The van der Waals surface area contributed by atoms with Gasteiger partial charge in [0, 0.05) is 12.2 Å². The van der Waals surface area contributed by atoms with Crippen molar-refractivity contribution in [3.8, 4) is 6.07 Å². The maximum absolute atomic E-state index is 15.3. The number of anilines is 1. The number of carbonyl (C=O) groups is 1. The summed E-state index contributed by atoms with van der Waals surface area (Å²) in [7, 11) is -1.04. The van der Waals surface area contributed by atoms with Gasteiger partial charge in [0.05, 0.1) is 16.1 Å². The molecule has 1 heterocycles. The van der Waals surface area contributed by atoms with Gasteiger partial charge in [0.2, 0.25) is 0 Å². The molecule has 1 aromatic carbocycles. The number of nitrogens with zero attached hydrogens (tertiary/aromatic N) is 3. The molecule has 0 saturated heterocycles. The third kappa shape index (κ3) is 8.59. The molecule has 0 bridgehead atoms. The Morgan fingerprint density at radius 1 is 1.17 bits per heavy atom. The van der Waals surface area contributed by atoms with Crippen molar-refractivity contribution in [1.29, 1.82) is 5.26 Å². The third-order valence-corrected chi connectivity index (χ3v) is 8.25. The minimum Gasteiger partial charge on any atom is -0.379 e. The van der Waals surface area contributed by atoms with E-state index in [1.807, 2.05) is 19.0 Å². The van der Waals surface area contributed by atoms with Crippen LogP contribution in [0, 0.1) is 17.1 Å². The van der Waals surface area contributed by atoms with Crippen molar-refractivity contribution in [1.82, 2.24) is 14.6 Å². The lowest BCUT2D eigenvalue weighted by Crippen LogP contribution is -2.46. The normalized spacial score (nSPS) is 16.2. The van der Waals surface area contributed by atoms with Crippen LogP contribution < -0.4 is 10.0 Å². The molecule has 0 unspecified atom stereocenters. The van der Waals surface area contributed by atoms with Crippen LogP contribution in [0.4, 0.5) is 27.6 Å². The Bertz CT molecular complexity index is 1370. The van der Waals surface area contributed by atoms with E-state index in [0.29, 0.717) is 50.3 Å². The van der Waals surface area contributed by atoms with E-state index in [9.17, 15) is 36.0 Å². The van der Waals surface area contributed by atoms with E-state index >= 15 is 4.39 Å². The first-order valence-corrected chi connectivity index (χ1v) is 14.6. The molecule has 224 valence electrons. The van der Waals surface area contributed by atoms with Crippen molar-refractivity contribution in [3.63, 3.8) is 0 Å². The van der Waals surface area contributed by atoms with Crippen molar-refractivity contribution >= 4 is 21.6 Å². The number of nitrogens with one attached hydrogen (secondary N) is 2. The lowest BCUT2D eigenvalue weighted by Gasteiger charge is -2.27. The summed E-state index contributed by atoms with van der Waals surface area (Å²) in [5, 5.41) is 12.6. The molecule has 1 amide bonds. The van der Waals surface area contributed by atoms with Crippen molar-refractivity contribution < 1.29 is 35.2 Å². The van der Waals surface area contributed by atoms with Crippen LogP contribution in [0.2, 0.25) is 0 Å². The van der Waals surface area contributed by atoms with Gasteiger partial charge in [-0.05, 0) is 89.3 Å². The van der Waals surface area contributed by atoms with E-state index < -0.39 is 50.2 Å². The average Bonchev–Trinajstić information content (AvgIpc) is 2.90. The predicted octanol–water partition coefficient (Wildman–Crippen LogP) is 4.95. The number of nitriles is 1. The minimum atomic E-state index is -4.68. The Labute approximate surface area is 236 Å². The summed E-state index contributed by atoms with van der Waals surface area (Å²) in [5.74, 6) is -2.39. The smallest absolute Gasteiger partial charge is 0.379 e. The van der Waals surface area contributed by atoms with Gasteiger partial charge in [-0.2, -0.15) is 18.4 Å². The van der Waals surface area contributed by atoms with Gasteiger partial charge in [-0.15, -0.1) is 0 Å². The fraction of sp³-hybridized carbons (Fsp3) is 0.519. The largest absolute Gasteiger partial charge is 0.433 e. The van der Waals surface area contributed by atoms with E-state index in [1.54, 1.807) is 10.8 Å². The number of hydrogen-bond acceptors (Lipinski definition) is 7. The second kappa shape index (κ2) is 13.1. The minimum absolute atomic E-state index is 0.119. The van der Waals surface area contributed by atoms with Crippen LogP contribution in [-0.4, -0.2) is 56.6 Å². The first-order valence-electron chi connectivity index (χ1n) is 13.1. The number of benzene rings is 1. The number of aryl methyl sites for hydroxylation is 1. The number of halogens is 5. The summed E-state index contributed by atoms with van der Waals surface area (Å²) in [4.78, 5) is 17.1. The van der Waals surface area contributed by atoms with Gasteiger partial charge in [0.1, 0.15) is 17.6 Å². The quantitative estimate of drug-likeness (QED) is 0.350. The maximum Gasteiger partial charge on any atom is 0.433 e. The summed E-state index contributed by atoms with van der Waals surface area (Å²) in [6, 6.07) is 5.03. The summed E-state index contributed by atoms with van der Waals surface area (Å²) in [5.41, 5.74) is -3.45. The standard InChI is InChI=1S/C27H32F5N5O3S/c1-37(2)13-10-20(8-6-18-7-9-23(34-17-18)27(30,31)32)35-24-19(16-33)14-21(15-22(24)28)41(39,40)36-25(38)26(29)11-4-3-5-12-26/h7,9,14-15,17,20,35H,3-6,8,10-13H2,1-2H3,(H,36,38)/t20-/m0/s1. The van der Waals surface area contributed by atoms with Gasteiger partial charge < -0.3 is 10.2 Å². The van der Waals surface area contributed by atoms with E-state index in [4.69, 9.17) is 0 Å². The topological polar surface area (TPSA) is 115 Å². The van der Waals surface area contributed by atoms with Crippen LogP contribution in [0.5, 0.6) is 0 Å². The predicted molar refractivity (Wildman–Crippen MR) is 142 cm³/mol. The van der Waals surface area contributed by atoms with Crippen LogP contribution in [0.15, 0.2) is 35.4 Å². The molecule has 0 spiro atoms. The molecule has 2 aromatic rings. The molecule has 1 atom stereocenters. The van der Waals surface area contributed by atoms with Gasteiger partial charge >= 0.3 is 6.18 Å². The second-order valence-electron chi connectivity index (χ2n) is 10.4. The number of rotatable bonds is 11. The summed E-state index contributed by atoms with van der Waals surface area (Å²) >= 11 is 0. The molecule has 1 aliphatic carbocycles. The van der Waals surface area contributed by atoms with Gasteiger partial charge in [-0.25, -0.2) is 21.9 Å². The Morgan fingerprint density at radius 2 is 1.85 bits per heavy atom. The highest BCUT2D eigenvalue weighted by Crippen LogP contribution is 2.33. The fourth-order valence-corrected chi connectivity index (χ4v) is 5.65. The lowest BCUT2D eigenvalue weighted by molar-refractivity contribution is -0.141. The van der Waals surface area contributed by atoms with Gasteiger partial charge in [-0.1, -0.05) is 12.5 Å². The van der Waals surface area contributed by atoms with Gasteiger partial charge in [-0.3, -0.25) is 9.78 Å². The van der Waals surface area contributed by atoms with Crippen LogP contribution in [-0.2, 0) is 27.4 Å². The van der Waals surface area contributed by atoms with Crippen LogP contribution in [0.3, 0.4) is 0 Å². The van der Waals surface area contributed by atoms with Gasteiger partial charge in [0.25, 0.3) is 15.9 Å². The zero-order chi connectivity index (χ0) is 30.4. The van der Waals surface area contributed by atoms with Crippen molar-refractivity contribution in [2.45, 2.75) is 74.1 Å². The molecule has 0 radical (unpaired) electrons.